The zero-order valence-corrected chi connectivity index (χ0v) is 14.4. The van der Waals surface area contributed by atoms with E-state index in [4.69, 9.17) is 0 Å². The third kappa shape index (κ3) is 3.59. The van der Waals surface area contributed by atoms with E-state index in [1.165, 1.54) is 10.9 Å². The number of fused-ring (bicyclic) bond motifs is 1. The summed E-state index contributed by atoms with van der Waals surface area (Å²) in [7, 11) is 2.03. The number of benzene rings is 2. The monoisotopic (exact) mass is 324 g/mol. The number of carbonyl (C=O) groups is 1. The molecule has 3 aromatic rings. The van der Waals surface area contributed by atoms with Crippen LogP contribution in [0.15, 0.2) is 53.6 Å². The van der Waals surface area contributed by atoms with Crippen molar-refractivity contribution in [3.63, 3.8) is 0 Å². The fraction of sp³-hybridized carbons (Fsp3) is 0.211. The average molecular weight is 324 g/mol. The van der Waals surface area contributed by atoms with Gasteiger partial charge in [0.15, 0.2) is 0 Å². The van der Waals surface area contributed by atoms with Crippen molar-refractivity contribution in [1.82, 2.24) is 4.57 Å². The highest BCUT2D eigenvalue weighted by Crippen LogP contribution is 2.29. The van der Waals surface area contributed by atoms with E-state index in [0.717, 1.165) is 21.7 Å². The number of aromatic nitrogens is 1. The van der Waals surface area contributed by atoms with Crippen molar-refractivity contribution in [1.29, 1.82) is 0 Å². The van der Waals surface area contributed by atoms with E-state index < -0.39 is 0 Å². The first kappa shape index (κ1) is 15.7. The Balaban J connectivity index is 1.68. The third-order valence-electron chi connectivity index (χ3n) is 3.72. The zero-order valence-electron chi connectivity index (χ0n) is 13.6. The largest absolute Gasteiger partial charge is 0.349 e. The Morgan fingerprint density at radius 2 is 1.83 bits per heavy atom. The molecular weight excluding hydrogens is 304 g/mol. The highest BCUT2D eigenvalue weighted by atomic mass is 32.2. The Hall–Kier alpha value is -2.20. The second-order valence-corrected chi connectivity index (χ2v) is 6.85. The lowest BCUT2D eigenvalue weighted by molar-refractivity contribution is -0.113. The molecule has 3 nitrogen and oxygen atoms in total. The van der Waals surface area contributed by atoms with Crippen molar-refractivity contribution in [3.8, 4) is 0 Å². The van der Waals surface area contributed by atoms with Crippen LogP contribution in [0.5, 0.6) is 0 Å². The number of thioether (sulfide) groups is 1. The summed E-state index contributed by atoms with van der Waals surface area (Å²) < 4.78 is 2.10. The van der Waals surface area contributed by atoms with Crippen LogP contribution in [0.25, 0.3) is 10.9 Å². The van der Waals surface area contributed by atoms with Crippen molar-refractivity contribution in [2.45, 2.75) is 18.7 Å². The predicted octanol–water partition coefficient (Wildman–Crippen LogP) is 4.53. The van der Waals surface area contributed by atoms with Gasteiger partial charge in [-0.3, -0.25) is 4.79 Å². The van der Waals surface area contributed by atoms with Crippen LogP contribution in [0, 0.1) is 13.8 Å². The molecule has 0 aliphatic carbocycles. The summed E-state index contributed by atoms with van der Waals surface area (Å²) in [6.45, 7) is 4.07. The molecule has 118 valence electrons. The molecule has 0 fully saturated rings. The molecule has 0 saturated carbocycles. The van der Waals surface area contributed by atoms with Crippen molar-refractivity contribution in [2.75, 3.05) is 11.1 Å². The van der Waals surface area contributed by atoms with Crippen molar-refractivity contribution in [2.24, 2.45) is 7.05 Å². The van der Waals surface area contributed by atoms with Gasteiger partial charge < -0.3 is 9.88 Å². The van der Waals surface area contributed by atoms with Gasteiger partial charge in [-0.2, -0.15) is 0 Å². The molecule has 0 bridgehead atoms. The molecule has 0 aliphatic heterocycles. The maximum atomic E-state index is 12.2. The quantitative estimate of drug-likeness (QED) is 0.716. The smallest absolute Gasteiger partial charge is 0.234 e. The van der Waals surface area contributed by atoms with E-state index in [0.29, 0.717) is 5.75 Å². The van der Waals surface area contributed by atoms with Gasteiger partial charge in [-0.15, -0.1) is 11.8 Å². The number of aryl methyl sites for hydroxylation is 3. The van der Waals surface area contributed by atoms with Gasteiger partial charge >= 0.3 is 0 Å². The fourth-order valence-electron chi connectivity index (χ4n) is 2.81. The third-order valence-corrected chi connectivity index (χ3v) is 4.77. The second-order valence-electron chi connectivity index (χ2n) is 5.83. The molecule has 4 heteroatoms. The summed E-state index contributed by atoms with van der Waals surface area (Å²) in [5.74, 6) is 0.425. The van der Waals surface area contributed by atoms with Gasteiger partial charge in [0.2, 0.25) is 5.91 Å². The van der Waals surface area contributed by atoms with Crippen LogP contribution < -0.4 is 5.32 Å². The number of nitrogens with zero attached hydrogens (tertiary/aromatic N) is 1. The molecule has 1 aromatic heterocycles. The maximum absolute atomic E-state index is 12.2. The normalized spacial score (nSPS) is 10.9. The number of para-hydroxylation sites is 1. The van der Waals surface area contributed by atoms with E-state index in [2.05, 4.69) is 34.3 Å². The molecular formula is C19H20N2OS. The molecule has 2 aromatic carbocycles. The summed E-state index contributed by atoms with van der Waals surface area (Å²) in [6, 6.07) is 14.3. The number of hydrogen-bond acceptors (Lipinski definition) is 2. The van der Waals surface area contributed by atoms with Crippen LogP contribution in [0.1, 0.15) is 11.1 Å². The number of rotatable bonds is 4. The Labute approximate surface area is 140 Å². The summed E-state index contributed by atoms with van der Waals surface area (Å²) in [5.41, 5.74) is 4.36. The average Bonchev–Trinajstić information content (AvgIpc) is 2.81. The number of nitrogens with one attached hydrogen (secondary N) is 1. The zero-order chi connectivity index (χ0) is 16.4. The SMILES string of the molecule is Cc1cc(C)cc(NC(=O)CSc2cn(C)c3ccccc23)c1. The Morgan fingerprint density at radius 3 is 2.57 bits per heavy atom. The van der Waals surface area contributed by atoms with Gasteiger partial charge in [-0.1, -0.05) is 24.3 Å². The Morgan fingerprint density at radius 1 is 1.13 bits per heavy atom. The highest BCUT2D eigenvalue weighted by molar-refractivity contribution is 8.00. The van der Waals surface area contributed by atoms with Crippen molar-refractivity contribution < 1.29 is 4.79 Å². The number of amides is 1. The minimum Gasteiger partial charge on any atom is -0.349 e. The molecule has 1 heterocycles. The van der Waals surface area contributed by atoms with Crippen LogP contribution in [0.3, 0.4) is 0 Å². The first-order valence-corrected chi connectivity index (χ1v) is 8.56. The number of carbonyl (C=O) groups excluding carboxylic acids is 1. The lowest BCUT2D eigenvalue weighted by Gasteiger charge is -2.07. The van der Waals surface area contributed by atoms with Crippen LogP contribution >= 0.6 is 11.8 Å². The van der Waals surface area contributed by atoms with E-state index in [1.807, 2.05) is 45.2 Å². The molecule has 0 unspecified atom stereocenters. The topological polar surface area (TPSA) is 34.0 Å². The molecule has 3 rings (SSSR count). The minimum atomic E-state index is 0.0212. The first-order valence-electron chi connectivity index (χ1n) is 7.58. The molecule has 23 heavy (non-hydrogen) atoms. The predicted molar refractivity (Wildman–Crippen MR) is 98.2 cm³/mol. The molecule has 0 radical (unpaired) electrons. The Kier molecular flexibility index (Phi) is 4.44. The van der Waals surface area contributed by atoms with E-state index in [1.54, 1.807) is 11.8 Å². The van der Waals surface area contributed by atoms with Gasteiger partial charge in [-0.25, -0.2) is 0 Å². The molecule has 0 atom stereocenters. The van der Waals surface area contributed by atoms with E-state index in [-0.39, 0.29) is 5.91 Å². The van der Waals surface area contributed by atoms with E-state index in [9.17, 15) is 4.79 Å². The summed E-state index contributed by atoms with van der Waals surface area (Å²) >= 11 is 1.57. The molecule has 1 amide bonds. The fourth-order valence-corrected chi connectivity index (χ4v) is 3.73. The molecule has 1 N–H and O–H groups in total. The van der Waals surface area contributed by atoms with Crippen LogP contribution in [0.2, 0.25) is 0 Å². The molecule has 0 spiro atoms. The van der Waals surface area contributed by atoms with Gasteiger partial charge in [0.1, 0.15) is 0 Å². The van der Waals surface area contributed by atoms with Crippen LogP contribution in [0.4, 0.5) is 5.69 Å². The lowest BCUT2D eigenvalue weighted by Crippen LogP contribution is -2.14. The summed E-state index contributed by atoms with van der Waals surface area (Å²) in [6.07, 6.45) is 2.08. The lowest BCUT2D eigenvalue weighted by atomic mass is 10.1. The second kappa shape index (κ2) is 6.50. The van der Waals surface area contributed by atoms with Gasteiger partial charge in [0.25, 0.3) is 0 Å². The Bertz CT molecular complexity index is 847. The summed E-state index contributed by atoms with van der Waals surface area (Å²) in [4.78, 5) is 13.4. The minimum absolute atomic E-state index is 0.0212. The number of hydrogen-bond donors (Lipinski definition) is 1. The summed E-state index contributed by atoms with van der Waals surface area (Å²) in [5, 5.41) is 4.18. The van der Waals surface area contributed by atoms with Crippen molar-refractivity contribution in [3.05, 3.63) is 59.8 Å². The van der Waals surface area contributed by atoms with Crippen LogP contribution in [-0.4, -0.2) is 16.2 Å². The first-order chi connectivity index (χ1) is 11.0. The standard InChI is InChI=1S/C19H20N2OS/c1-13-8-14(2)10-15(9-13)20-19(22)12-23-18-11-21(3)17-7-5-4-6-16(17)18/h4-11H,12H2,1-3H3,(H,20,22). The van der Waals surface area contributed by atoms with Crippen molar-refractivity contribution >= 4 is 34.3 Å². The molecule has 0 saturated heterocycles. The van der Waals surface area contributed by atoms with Gasteiger partial charge in [0, 0.05) is 34.7 Å². The number of anilines is 1. The highest BCUT2D eigenvalue weighted by Gasteiger charge is 2.09. The van der Waals surface area contributed by atoms with E-state index >= 15 is 0 Å². The van der Waals surface area contributed by atoms with Gasteiger partial charge in [-0.05, 0) is 43.2 Å². The maximum Gasteiger partial charge on any atom is 0.234 e. The van der Waals surface area contributed by atoms with Gasteiger partial charge in [0.05, 0.1) is 5.75 Å². The molecule has 0 aliphatic rings. The van der Waals surface area contributed by atoms with Crippen LogP contribution in [-0.2, 0) is 11.8 Å².